The van der Waals surface area contributed by atoms with E-state index in [2.05, 4.69) is 31.1 Å². The Labute approximate surface area is 158 Å². The average Bonchev–Trinajstić information content (AvgIpc) is 3.13. The summed E-state index contributed by atoms with van der Waals surface area (Å²) in [6.45, 7) is 0.371. The fraction of sp³-hybridized carbons (Fsp3) is 0.222. The zero-order valence-corrected chi connectivity index (χ0v) is 15.4. The third kappa shape index (κ3) is 5.38. The quantitative estimate of drug-likeness (QED) is 0.406. The molecule has 0 saturated carbocycles. The van der Waals surface area contributed by atoms with Gasteiger partial charge in [-0.2, -0.15) is 4.98 Å². The van der Waals surface area contributed by atoms with Crippen LogP contribution in [0.4, 0.5) is 0 Å². The number of halogens is 1. The highest BCUT2D eigenvalue weighted by Gasteiger charge is 2.11. The van der Waals surface area contributed by atoms with Gasteiger partial charge < -0.3 is 14.0 Å². The van der Waals surface area contributed by atoms with E-state index in [0.29, 0.717) is 18.9 Å². The Morgan fingerprint density at radius 1 is 1.23 bits per heavy atom. The van der Waals surface area contributed by atoms with E-state index in [4.69, 9.17) is 14.0 Å². The maximum absolute atomic E-state index is 11.8. The highest BCUT2D eigenvalue weighted by molar-refractivity contribution is 9.10. The monoisotopic (exact) mass is 417 g/mol. The van der Waals surface area contributed by atoms with Crippen molar-refractivity contribution in [2.45, 2.75) is 19.4 Å². The van der Waals surface area contributed by atoms with Crippen molar-refractivity contribution in [1.82, 2.24) is 15.1 Å². The molecular formula is C18H16BrN3O4. The summed E-state index contributed by atoms with van der Waals surface area (Å²) in [4.78, 5) is 19.9. The molecule has 26 heavy (non-hydrogen) atoms. The number of esters is 1. The number of aromatic nitrogens is 3. The zero-order chi connectivity index (χ0) is 18.2. The molecule has 0 fully saturated rings. The molecule has 2 aromatic heterocycles. The lowest BCUT2D eigenvalue weighted by molar-refractivity contribution is -0.146. The minimum absolute atomic E-state index is 0.0570. The van der Waals surface area contributed by atoms with Gasteiger partial charge in [0, 0.05) is 28.9 Å². The normalized spacial score (nSPS) is 10.5. The first kappa shape index (κ1) is 18.1. The van der Waals surface area contributed by atoms with Crippen molar-refractivity contribution in [3.63, 3.8) is 0 Å². The number of rotatable bonds is 8. The molecule has 0 bridgehead atoms. The molecule has 0 aliphatic heterocycles. The number of ether oxygens (including phenoxy) is 2. The smallest absolute Gasteiger partial charge is 0.306 e. The molecule has 2 heterocycles. The van der Waals surface area contributed by atoms with Gasteiger partial charge in [-0.05, 0) is 36.8 Å². The molecule has 0 saturated heterocycles. The molecule has 7 nitrogen and oxygen atoms in total. The van der Waals surface area contributed by atoms with E-state index >= 15 is 0 Å². The highest BCUT2D eigenvalue weighted by atomic mass is 79.9. The predicted octanol–water partition coefficient (Wildman–Crippen LogP) is 3.80. The summed E-state index contributed by atoms with van der Waals surface area (Å²) >= 11 is 3.38. The van der Waals surface area contributed by atoms with E-state index in [1.807, 2.05) is 30.3 Å². The van der Waals surface area contributed by atoms with Gasteiger partial charge in [-0.1, -0.05) is 27.2 Å². The van der Waals surface area contributed by atoms with Gasteiger partial charge in [0.2, 0.25) is 5.82 Å². The number of hydrogen-bond acceptors (Lipinski definition) is 7. The van der Waals surface area contributed by atoms with Crippen LogP contribution in [0.5, 0.6) is 5.75 Å². The molecule has 8 heteroatoms. The first-order valence-electron chi connectivity index (χ1n) is 7.98. The fourth-order valence-corrected chi connectivity index (χ4v) is 2.48. The van der Waals surface area contributed by atoms with Gasteiger partial charge in [-0.15, -0.1) is 0 Å². The third-order valence-electron chi connectivity index (χ3n) is 3.33. The van der Waals surface area contributed by atoms with E-state index in [9.17, 15) is 4.79 Å². The number of hydrogen-bond donors (Lipinski definition) is 0. The maximum atomic E-state index is 11.8. The number of nitrogens with zero attached hydrogens (tertiary/aromatic N) is 3. The predicted molar refractivity (Wildman–Crippen MR) is 96.2 cm³/mol. The van der Waals surface area contributed by atoms with Crippen LogP contribution in [0.2, 0.25) is 0 Å². The van der Waals surface area contributed by atoms with E-state index in [0.717, 1.165) is 15.8 Å². The van der Waals surface area contributed by atoms with Gasteiger partial charge in [0.1, 0.15) is 5.75 Å². The third-order valence-corrected chi connectivity index (χ3v) is 3.83. The molecular weight excluding hydrogens is 402 g/mol. The average molecular weight is 418 g/mol. The fourth-order valence-electron chi connectivity index (χ4n) is 2.10. The van der Waals surface area contributed by atoms with Crippen molar-refractivity contribution < 1.29 is 18.8 Å². The molecule has 0 radical (unpaired) electrons. The van der Waals surface area contributed by atoms with Crippen molar-refractivity contribution in [2.24, 2.45) is 0 Å². The molecule has 134 valence electrons. The second-order valence-electron chi connectivity index (χ2n) is 5.32. The lowest BCUT2D eigenvalue weighted by atomic mass is 10.3. The summed E-state index contributed by atoms with van der Waals surface area (Å²) in [5, 5.41) is 3.84. The van der Waals surface area contributed by atoms with E-state index in [1.165, 1.54) is 0 Å². The van der Waals surface area contributed by atoms with E-state index in [1.54, 1.807) is 18.5 Å². The first-order chi connectivity index (χ1) is 12.7. The number of pyridine rings is 1. The summed E-state index contributed by atoms with van der Waals surface area (Å²) in [5.74, 6) is 1.06. The molecule has 0 spiro atoms. The second kappa shape index (κ2) is 9.10. The Morgan fingerprint density at radius 3 is 2.96 bits per heavy atom. The van der Waals surface area contributed by atoms with Crippen LogP contribution in [0.25, 0.3) is 11.4 Å². The Balaban J connectivity index is 1.37. The van der Waals surface area contributed by atoms with Crippen LogP contribution in [0, 0.1) is 0 Å². The van der Waals surface area contributed by atoms with Gasteiger partial charge in [-0.3, -0.25) is 9.78 Å². The molecule has 0 amide bonds. The van der Waals surface area contributed by atoms with Crippen LogP contribution in [0.15, 0.2) is 57.8 Å². The summed E-state index contributed by atoms with van der Waals surface area (Å²) in [5.41, 5.74) is 0.735. The Bertz CT molecular complexity index is 854. The number of carbonyl (C=O) groups is 1. The van der Waals surface area contributed by atoms with Crippen LogP contribution >= 0.6 is 15.9 Å². The van der Waals surface area contributed by atoms with E-state index < -0.39 is 0 Å². The lowest BCUT2D eigenvalue weighted by Gasteiger charge is -2.06. The summed E-state index contributed by atoms with van der Waals surface area (Å²) in [6.07, 6.45) is 4.09. The van der Waals surface area contributed by atoms with Crippen LogP contribution in [0.3, 0.4) is 0 Å². The maximum Gasteiger partial charge on any atom is 0.306 e. The topological polar surface area (TPSA) is 87.3 Å². The molecule has 0 atom stereocenters. The summed E-state index contributed by atoms with van der Waals surface area (Å²) in [7, 11) is 0. The molecule has 0 aliphatic rings. The summed E-state index contributed by atoms with van der Waals surface area (Å²) < 4.78 is 16.7. The largest absolute Gasteiger partial charge is 0.494 e. The van der Waals surface area contributed by atoms with Crippen LogP contribution < -0.4 is 4.74 Å². The van der Waals surface area contributed by atoms with Gasteiger partial charge in [0.05, 0.1) is 6.61 Å². The SMILES string of the molecule is O=C(CCCOc1cccc(Br)c1)OCc1nc(-c2cccnc2)no1. The first-order valence-corrected chi connectivity index (χ1v) is 8.77. The van der Waals surface area contributed by atoms with Gasteiger partial charge >= 0.3 is 5.97 Å². The number of benzene rings is 1. The van der Waals surface area contributed by atoms with Gasteiger partial charge in [0.25, 0.3) is 5.89 Å². The van der Waals surface area contributed by atoms with Gasteiger partial charge in [-0.25, -0.2) is 0 Å². The minimum atomic E-state index is -0.344. The summed E-state index contributed by atoms with van der Waals surface area (Å²) in [6, 6.07) is 11.1. The van der Waals surface area contributed by atoms with Crippen molar-refractivity contribution >= 4 is 21.9 Å². The minimum Gasteiger partial charge on any atom is -0.494 e. The highest BCUT2D eigenvalue weighted by Crippen LogP contribution is 2.18. The van der Waals surface area contributed by atoms with E-state index in [-0.39, 0.29) is 24.9 Å². The van der Waals surface area contributed by atoms with Crippen molar-refractivity contribution in [3.05, 3.63) is 59.2 Å². The Morgan fingerprint density at radius 2 is 2.15 bits per heavy atom. The molecule has 0 unspecified atom stereocenters. The molecule has 3 rings (SSSR count). The lowest BCUT2D eigenvalue weighted by Crippen LogP contribution is -2.07. The second-order valence-corrected chi connectivity index (χ2v) is 6.24. The number of carbonyl (C=O) groups excluding carboxylic acids is 1. The Kier molecular flexibility index (Phi) is 6.32. The van der Waals surface area contributed by atoms with Crippen LogP contribution in [-0.2, 0) is 16.1 Å². The van der Waals surface area contributed by atoms with Crippen molar-refractivity contribution in [1.29, 1.82) is 0 Å². The van der Waals surface area contributed by atoms with Gasteiger partial charge in [0.15, 0.2) is 6.61 Å². The molecule has 0 N–H and O–H groups in total. The molecule has 1 aromatic carbocycles. The Hall–Kier alpha value is -2.74. The zero-order valence-electron chi connectivity index (χ0n) is 13.8. The standard InChI is InChI=1S/C18H16BrN3O4/c19-14-5-1-6-15(10-14)24-9-3-7-17(23)25-12-16-21-18(22-26-16)13-4-2-8-20-11-13/h1-2,4-6,8,10-11H,3,7,9,12H2. The van der Waals surface area contributed by atoms with Crippen molar-refractivity contribution in [2.75, 3.05) is 6.61 Å². The molecule has 3 aromatic rings. The van der Waals surface area contributed by atoms with Crippen LogP contribution in [0.1, 0.15) is 18.7 Å². The van der Waals surface area contributed by atoms with Crippen LogP contribution in [-0.4, -0.2) is 27.7 Å². The van der Waals surface area contributed by atoms with Crippen molar-refractivity contribution in [3.8, 4) is 17.1 Å². The molecule has 0 aliphatic carbocycles.